The highest BCUT2D eigenvalue weighted by molar-refractivity contribution is 6.74. The summed E-state index contributed by atoms with van der Waals surface area (Å²) in [5.41, 5.74) is -5.34. The molecule has 66 heavy (non-hydrogen) atoms. The van der Waals surface area contributed by atoms with E-state index in [1.54, 1.807) is 113 Å². The number of hydrogen-bond acceptors (Lipinski definition) is 12. The van der Waals surface area contributed by atoms with Gasteiger partial charge in [0.25, 0.3) is 5.91 Å². The fourth-order valence-electron chi connectivity index (χ4n) is 10.8. The molecule has 1 heterocycles. The van der Waals surface area contributed by atoms with Crippen LogP contribution in [0.1, 0.15) is 107 Å². The maximum absolute atomic E-state index is 15.4. The number of carbonyl (C=O) groups excluding carboxylic acids is 5. The zero-order valence-electron chi connectivity index (χ0n) is 39.9. The van der Waals surface area contributed by atoms with Gasteiger partial charge in [0.2, 0.25) is 0 Å². The predicted octanol–water partition coefficient (Wildman–Crippen LogP) is 7.47. The van der Waals surface area contributed by atoms with Crippen LogP contribution in [0.4, 0.5) is 0 Å². The molecule has 0 spiro atoms. The van der Waals surface area contributed by atoms with Crippen molar-refractivity contribution in [3.8, 4) is 0 Å². The summed E-state index contributed by atoms with van der Waals surface area (Å²) in [5, 5.41) is 29.1. The van der Waals surface area contributed by atoms with Crippen LogP contribution >= 0.6 is 0 Å². The van der Waals surface area contributed by atoms with Crippen molar-refractivity contribution in [3.63, 3.8) is 0 Å². The highest BCUT2D eigenvalue weighted by Crippen LogP contribution is 2.65. The molecule has 1 unspecified atom stereocenters. The van der Waals surface area contributed by atoms with Gasteiger partial charge in [-0.15, -0.1) is 0 Å². The Bertz CT molecular complexity index is 2380. The number of fused-ring (bicyclic) bond motifs is 5. The second-order valence-corrected chi connectivity index (χ2v) is 25.8. The number of aliphatic hydroxyl groups is 2. The van der Waals surface area contributed by atoms with Crippen molar-refractivity contribution in [3.05, 3.63) is 119 Å². The molecule has 354 valence electrons. The van der Waals surface area contributed by atoms with Crippen LogP contribution < -0.4 is 5.32 Å². The number of hydrogen-bond donors (Lipinski definition) is 3. The van der Waals surface area contributed by atoms with E-state index >= 15 is 9.59 Å². The van der Waals surface area contributed by atoms with Gasteiger partial charge in [-0.05, 0) is 78.4 Å². The summed E-state index contributed by atoms with van der Waals surface area (Å²) >= 11 is 0. The van der Waals surface area contributed by atoms with Gasteiger partial charge in [0, 0.05) is 29.7 Å². The quantitative estimate of drug-likeness (QED) is 0.0748. The van der Waals surface area contributed by atoms with Gasteiger partial charge in [-0.2, -0.15) is 0 Å². The SMILES string of the molecule is CC(=O)O[C@@]12CO[C@@H]1C[C@H](C)[C@@]1(C)C(=O)[C@H](O)C3=C(C)C(OC(=O)[C@H](O[Si](C)(C)C(C)(C)C)[C@@H](NC(=O)c4ccccc4)c4ccccc4)C[C@@](O)([C@@H](OC(=O)c4ccccc4)[C@H]21)C3(C)C. The van der Waals surface area contributed by atoms with Crippen molar-refractivity contribution in [1.29, 1.82) is 0 Å². The predicted molar refractivity (Wildman–Crippen MR) is 247 cm³/mol. The first kappa shape index (κ1) is 48.9. The second kappa shape index (κ2) is 17.6. The lowest BCUT2D eigenvalue weighted by Crippen LogP contribution is -2.80. The molecule has 3 aliphatic carbocycles. The van der Waals surface area contributed by atoms with Crippen LogP contribution in [0, 0.1) is 22.7 Å². The third kappa shape index (κ3) is 8.16. The fraction of sp³-hybridized carbons (Fsp3) is 0.519. The van der Waals surface area contributed by atoms with Crippen molar-refractivity contribution >= 4 is 37.9 Å². The molecule has 4 aliphatic rings. The van der Waals surface area contributed by atoms with Crippen molar-refractivity contribution in [2.75, 3.05) is 6.61 Å². The van der Waals surface area contributed by atoms with Crippen LogP contribution in [0.15, 0.2) is 102 Å². The summed E-state index contributed by atoms with van der Waals surface area (Å²) in [6.07, 6.45) is -7.04. The molecular formula is C52H65NO12Si. The largest absolute Gasteiger partial charge is 0.456 e. The zero-order valence-corrected chi connectivity index (χ0v) is 40.9. The Kier molecular flexibility index (Phi) is 13.0. The van der Waals surface area contributed by atoms with Crippen LogP contribution in [-0.4, -0.2) is 96.5 Å². The monoisotopic (exact) mass is 923 g/mol. The molecule has 3 aromatic rings. The van der Waals surface area contributed by atoms with Crippen LogP contribution in [0.3, 0.4) is 0 Å². The van der Waals surface area contributed by atoms with Gasteiger partial charge >= 0.3 is 17.9 Å². The first-order valence-electron chi connectivity index (χ1n) is 22.8. The Labute approximate surface area is 388 Å². The molecule has 11 atom stereocenters. The maximum Gasteiger partial charge on any atom is 0.338 e. The number of rotatable bonds is 11. The average molecular weight is 924 g/mol. The number of ether oxygens (including phenoxy) is 4. The van der Waals surface area contributed by atoms with Crippen molar-refractivity contribution in [1.82, 2.24) is 5.32 Å². The van der Waals surface area contributed by atoms with Gasteiger partial charge in [0.05, 0.1) is 24.1 Å². The molecule has 3 aromatic carbocycles. The average Bonchev–Trinajstić information content (AvgIpc) is 3.26. The molecule has 1 amide bonds. The summed E-state index contributed by atoms with van der Waals surface area (Å²) in [6, 6.07) is 24.7. The lowest BCUT2D eigenvalue weighted by Gasteiger charge is -2.68. The minimum Gasteiger partial charge on any atom is -0.456 e. The van der Waals surface area contributed by atoms with Crippen LogP contribution in [0.25, 0.3) is 0 Å². The highest BCUT2D eigenvalue weighted by atomic mass is 28.4. The van der Waals surface area contributed by atoms with E-state index in [1.807, 2.05) is 46.9 Å². The Morgan fingerprint density at radius 3 is 1.97 bits per heavy atom. The number of esters is 3. The first-order chi connectivity index (χ1) is 30.8. The lowest BCUT2D eigenvalue weighted by atomic mass is 9.43. The van der Waals surface area contributed by atoms with Gasteiger partial charge < -0.3 is 38.9 Å². The van der Waals surface area contributed by atoms with E-state index in [1.165, 1.54) is 6.92 Å². The smallest absolute Gasteiger partial charge is 0.338 e. The maximum atomic E-state index is 15.4. The standard InChI is InChI=1S/C52H65NO12Si/c1-30-27-37-51(29-61-37,64-32(3)54)42-44(63-46(58)35-25-19-14-20-26-35)52(60)28-36(31(2)38(49(52,7)8)40(55)43(56)50(30,42)9)62-47(59)41(65-66(10,11)48(4,5)6)39(33-21-15-12-16-22-33)53-45(57)34-23-17-13-18-24-34/h12-26,30,36-37,39-42,44,55,60H,27-29H2,1-11H3,(H,53,57)/t30-,36?,37+,39-,40+,41+,42-,44-,50+,51-,52+/m0/s1. The number of ketones is 1. The number of amides is 1. The third-order valence-corrected chi connectivity index (χ3v) is 20.3. The van der Waals surface area contributed by atoms with E-state index in [4.69, 9.17) is 23.4 Å². The molecular weight excluding hydrogens is 859 g/mol. The number of carbonyl (C=O) groups is 5. The molecule has 13 nitrogen and oxygen atoms in total. The summed E-state index contributed by atoms with van der Waals surface area (Å²) in [5.74, 6) is -5.20. The topological polar surface area (TPSA) is 184 Å². The van der Waals surface area contributed by atoms with E-state index in [9.17, 15) is 24.6 Å². The molecule has 3 fully saturated rings. The van der Waals surface area contributed by atoms with E-state index in [0.29, 0.717) is 16.7 Å². The third-order valence-electron chi connectivity index (χ3n) is 15.9. The molecule has 2 saturated carbocycles. The van der Waals surface area contributed by atoms with Crippen molar-refractivity contribution in [2.24, 2.45) is 22.7 Å². The van der Waals surface area contributed by atoms with Gasteiger partial charge in [-0.1, -0.05) is 115 Å². The summed E-state index contributed by atoms with van der Waals surface area (Å²) in [4.78, 5) is 72.3. The van der Waals surface area contributed by atoms with E-state index < -0.39 is 113 Å². The van der Waals surface area contributed by atoms with Gasteiger partial charge in [-0.25, -0.2) is 9.59 Å². The molecule has 1 aliphatic heterocycles. The van der Waals surface area contributed by atoms with Gasteiger partial charge in [-0.3, -0.25) is 14.4 Å². The number of aliphatic hydroxyl groups excluding tert-OH is 1. The molecule has 0 radical (unpaired) electrons. The lowest BCUT2D eigenvalue weighted by molar-refractivity contribution is -0.340. The summed E-state index contributed by atoms with van der Waals surface area (Å²) < 4.78 is 32.4. The second-order valence-electron chi connectivity index (χ2n) is 21.0. The minimum atomic E-state index is -2.87. The number of nitrogens with one attached hydrogen (secondary N) is 1. The number of benzene rings is 3. The minimum absolute atomic E-state index is 0.110. The molecule has 3 N–H and O–H groups in total. The molecule has 2 bridgehead atoms. The van der Waals surface area contributed by atoms with Gasteiger partial charge in [0.1, 0.15) is 30.0 Å². The Balaban J connectivity index is 1.40. The van der Waals surface area contributed by atoms with Crippen molar-refractivity contribution < 1.29 is 57.6 Å². The van der Waals surface area contributed by atoms with Crippen LogP contribution in [0.2, 0.25) is 18.1 Å². The Hall–Kier alpha value is -4.99. The molecule has 7 rings (SSSR count). The Morgan fingerprint density at radius 2 is 1.44 bits per heavy atom. The van der Waals surface area contributed by atoms with Crippen LogP contribution in [0.5, 0.6) is 0 Å². The normalized spacial score (nSPS) is 31.3. The van der Waals surface area contributed by atoms with Gasteiger partial charge in [0.15, 0.2) is 25.8 Å². The van der Waals surface area contributed by atoms with E-state index in [2.05, 4.69) is 5.32 Å². The molecule has 0 aromatic heterocycles. The summed E-state index contributed by atoms with van der Waals surface area (Å²) in [7, 11) is -2.87. The number of Topliss-reactive ketones (excluding diaryl/α,β-unsaturated/α-hetero) is 1. The fourth-order valence-corrected chi connectivity index (χ4v) is 12.1. The van der Waals surface area contributed by atoms with E-state index in [-0.39, 0.29) is 30.6 Å². The van der Waals surface area contributed by atoms with Crippen molar-refractivity contribution in [2.45, 2.75) is 141 Å². The zero-order chi connectivity index (χ0) is 48.4. The summed E-state index contributed by atoms with van der Waals surface area (Å²) in [6.45, 7) is 19.6. The molecule has 14 heteroatoms. The highest BCUT2D eigenvalue weighted by Gasteiger charge is 2.77. The van der Waals surface area contributed by atoms with Crippen LogP contribution in [-0.2, 0) is 37.8 Å². The molecule has 1 saturated heterocycles. The Morgan fingerprint density at radius 1 is 0.879 bits per heavy atom. The first-order valence-corrected chi connectivity index (χ1v) is 25.7. The van der Waals surface area contributed by atoms with E-state index in [0.717, 1.165) is 0 Å².